The highest BCUT2D eigenvalue weighted by Gasteiger charge is 2.39. The van der Waals surface area contributed by atoms with Crippen LogP contribution in [0.1, 0.15) is 37.2 Å². The van der Waals surface area contributed by atoms with Gasteiger partial charge in [0.25, 0.3) is 0 Å². The van der Waals surface area contributed by atoms with Crippen LogP contribution in [0, 0.1) is 29.0 Å². The van der Waals surface area contributed by atoms with Crippen molar-refractivity contribution < 1.29 is 9.18 Å². The van der Waals surface area contributed by atoms with E-state index in [9.17, 15) is 9.18 Å². The molecule has 1 atom stereocenters. The summed E-state index contributed by atoms with van der Waals surface area (Å²) >= 11 is 0. The van der Waals surface area contributed by atoms with Crippen LogP contribution in [0.3, 0.4) is 0 Å². The molecule has 0 aromatic heterocycles. The van der Waals surface area contributed by atoms with Gasteiger partial charge in [0, 0.05) is 19.0 Å². The van der Waals surface area contributed by atoms with Crippen molar-refractivity contribution in [2.45, 2.75) is 31.6 Å². The monoisotopic (exact) mass is 286 g/mol. The summed E-state index contributed by atoms with van der Waals surface area (Å²) in [7, 11) is 0. The lowest BCUT2D eigenvalue weighted by molar-refractivity contribution is -0.134. The van der Waals surface area contributed by atoms with Crippen LogP contribution in [0.5, 0.6) is 0 Å². The van der Waals surface area contributed by atoms with Crippen molar-refractivity contribution in [3.63, 3.8) is 0 Å². The lowest BCUT2D eigenvalue weighted by Crippen LogP contribution is -2.41. The first-order valence-corrected chi connectivity index (χ1v) is 7.63. The van der Waals surface area contributed by atoms with Gasteiger partial charge < -0.3 is 4.90 Å². The quantitative estimate of drug-likeness (QED) is 0.857. The standard InChI is InChI=1S/C17H19FN2O/c18-15-5-3-14(4-6-15)16(13-1-2-13)17(21)20-9-7-12(11-19)8-10-20/h3-6,12-13,16H,1-2,7-10H2. The van der Waals surface area contributed by atoms with Gasteiger partial charge in [-0.05, 0) is 49.3 Å². The molecule has 1 heterocycles. The fourth-order valence-corrected chi connectivity index (χ4v) is 3.14. The average Bonchev–Trinajstić information content (AvgIpc) is 3.34. The minimum atomic E-state index is -0.268. The summed E-state index contributed by atoms with van der Waals surface area (Å²) in [5, 5.41) is 8.94. The Morgan fingerprint density at radius 3 is 2.33 bits per heavy atom. The molecule has 2 aliphatic rings. The van der Waals surface area contributed by atoms with E-state index in [0.717, 1.165) is 31.2 Å². The molecule has 1 saturated heterocycles. The molecule has 1 aliphatic heterocycles. The lowest BCUT2D eigenvalue weighted by Gasteiger charge is -2.32. The van der Waals surface area contributed by atoms with E-state index in [1.165, 1.54) is 12.1 Å². The predicted molar refractivity (Wildman–Crippen MR) is 76.8 cm³/mol. The molecule has 0 N–H and O–H groups in total. The fraction of sp³-hybridized carbons (Fsp3) is 0.529. The zero-order valence-corrected chi connectivity index (χ0v) is 12.0. The van der Waals surface area contributed by atoms with E-state index in [-0.39, 0.29) is 23.6 Å². The minimum Gasteiger partial charge on any atom is -0.342 e. The van der Waals surface area contributed by atoms with E-state index in [0.29, 0.717) is 19.0 Å². The number of hydrogen-bond donors (Lipinski definition) is 0. The molecule has 1 aromatic carbocycles. The number of piperidine rings is 1. The van der Waals surface area contributed by atoms with Crippen molar-refractivity contribution in [3.8, 4) is 6.07 Å². The SMILES string of the molecule is N#CC1CCN(C(=O)C(c2ccc(F)cc2)C2CC2)CC1. The maximum absolute atomic E-state index is 13.1. The summed E-state index contributed by atoms with van der Waals surface area (Å²) in [6, 6.07) is 8.62. The van der Waals surface area contributed by atoms with Gasteiger partial charge in [-0.1, -0.05) is 12.1 Å². The Kier molecular flexibility index (Phi) is 3.92. The number of halogens is 1. The molecular formula is C17H19FN2O. The third-order valence-electron chi connectivity index (χ3n) is 4.58. The summed E-state index contributed by atoms with van der Waals surface area (Å²) in [4.78, 5) is 14.7. The highest BCUT2D eigenvalue weighted by molar-refractivity contribution is 5.84. The maximum atomic E-state index is 13.1. The molecule has 110 valence electrons. The number of likely N-dealkylation sites (tertiary alicyclic amines) is 1. The van der Waals surface area contributed by atoms with Gasteiger partial charge >= 0.3 is 0 Å². The summed E-state index contributed by atoms with van der Waals surface area (Å²) in [6.07, 6.45) is 3.68. The molecule has 2 fully saturated rings. The molecule has 4 heteroatoms. The highest BCUT2D eigenvalue weighted by atomic mass is 19.1. The molecule has 1 aliphatic carbocycles. The molecule has 0 radical (unpaired) electrons. The van der Waals surface area contributed by atoms with Crippen LogP contribution in [0.25, 0.3) is 0 Å². The van der Waals surface area contributed by atoms with Crippen LogP contribution in [0.15, 0.2) is 24.3 Å². The first kappa shape index (κ1) is 14.1. The summed E-state index contributed by atoms with van der Waals surface area (Å²) in [5.41, 5.74) is 0.923. The Morgan fingerprint density at radius 1 is 1.19 bits per heavy atom. The number of benzene rings is 1. The van der Waals surface area contributed by atoms with Crippen molar-refractivity contribution in [1.82, 2.24) is 4.90 Å². The van der Waals surface area contributed by atoms with E-state index in [1.807, 2.05) is 4.90 Å². The zero-order valence-electron chi connectivity index (χ0n) is 12.0. The van der Waals surface area contributed by atoms with Gasteiger partial charge in [0.1, 0.15) is 5.82 Å². The van der Waals surface area contributed by atoms with Gasteiger partial charge in [-0.2, -0.15) is 5.26 Å². The molecule has 21 heavy (non-hydrogen) atoms. The number of rotatable bonds is 3. The largest absolute Gasteiger partial charge is 0.342 e. The van der Waals surface area contributed by atoms with Crippen LogP contribution in [0.2, 0.25) is 0 Å². The van der Waals surface area contributed by atoms with Crippen molar-refractivity contribution >= 4 is 5.91 Å². The van der Waals surface area contributed by atoms with E-state index < -0.39 is 0 Å². The molecule has 1 amide bonds. The molecule has 1 saturated carbocycles. The van der Waals surface area contributed by atoms with Gasteiger partial charge in [-0.15, -0.1) is 0 Å². The normalized spacial score (nSPS) is 20.9. The molecule has 3 rings (SSSR count). The summed E-state index contributed by atoms with van der Waals surface area (Å²) in [5.74, 6) is 0.233. The van der Waals surface area contributed by atoms with Crippen molar-refractivity contribution in [2.24, 2.45) is 11.8 Å². The van der Waals surface area contributed by atoms with Crippen LogP contribution < -0.4 is 0 Å². The van der Waals surface area contributed by atoms with Gasteiger partial charge in [0.05, 0.1) is 12.0 Å². The first-order chi connectivity index (χ1) is 10.2. The van der Waals surface area contributed by atoms with Crippen LogP contribution in [0.4, 0.5) is 4.39 Å². The second kappa shape index (κ2) is 5.85. The smallest absolute Gasteiger partial charge is 0.230 e. The number of nitrogens with zero attached hydrogens (tertiary/aromatic N) is 2. The first-order valence-electron chi connectivity index (χ1n) is 7.63. The number of carbonyl (C=O) groups excluding carboxylic acids is 1. The molecule has 1 aromatic rings. The fourth-order valence-electron chi connectivity index (χ4n) is 3.14. The van der Waals surface area contributed by atoms with Crippen molar-refractivity contribution in [1.29, 1.82) is 5.26 Å². The highest BCUT2D eigenvalue weighted by Crippen LogP contribution is 2.44. The summed E-state index contributed by atoms with van der Waals surface area (Å²) < 4.78 is 13.1. The third kappa shape index (κ3) is 3.07. The van der Waals surface area contributed by atoms with E-state index in [4.69, 9.17) is 5.26 Å². The van der Waals surface area contributed by atoms with E-state index in [1.54, 1.807) is 12.1 Å². The summed E-state index contributed by atoms with van der Waals surface area (Å²) in [6.45, 7) is 1.34. The zero-order chi connectivity index (χ0) is 14.8. The van der Waals surface area contributed by atoms with E-state index >= 15 is 0 Å². The van der Waals surface area contributed by atoms with Gasteiger partial charge in [0.2, 0.25) is 5.91 Å². The van der Waals surface area contributed by atoms with Gasteiger partial charge in [-0.3, -0.25) is 4.79 Å². The average molecular weight is 286 g/mol. The molecule has 0 bridgehead atoms. The third-order valence-corrected chi connectivity index (χ3v) is 4.58. The molecular weight excluding hydrogens is 267 g/mol. The Labute approximate surface area is 124 Å². The Hall–Kier alpha value is -1.89. The number of carbonyl (C=O) groups is 1. The molecule has 3 nitrogen and oxygen atoms in total. The second-order valence-corrected chi connectivity index (χ2v) is 6.10. The van der Waals surface area contributed by atoms with E-state index in [2.05, 4.69) is 6.07 Å². The van der Waals surface area contributed by atoms with Gasteiger partial charge in [0.15, 0.2) is 0 Å². The van der Waals surface area contributed by atoms with Crippen molar-refractivity contribution in [3.05, 3.63) is 35.6 Å². The van der Waals surface area contributed by atoms with Crippen LogP contribution in [-0.4, -0.2) is 23.9 Å². The minimum absolute atomic E-state index is 0.0826. The maximum Gasteiger partial charge on any atom is 0.230 e. The lowest BCUT2D eigenvalue weighted by atomic mass is 9.90. The van der Waals surface area contributed by atoms with Crippen molar-refractivity contribution in [2.75, 3.05) is 13.1 Å². The molecule has 0 spiro atoms. The topological polar surface area (TPSA) is 44.1 Å². The Morgan fingerprint density at radius 2 is 1.81 bits per heavy atom. The Balaban J connectivity index is 1.74. The number of amides is 1. The predicted octanol–water partition coefficient (Wildman–Crippen LogP) is 3.08. The number of hydrogen-bond acceptors (Lipinski definition) is 2. The van der Waals surface area contributed by atoms with Crippen LogP contribution >= 0.6 is 0 Å². The number of nitriles is 1. The molecule has 1 unspecified atom stereocenters. The Bertz CT molecular complexity index is 551. The second-order valence-electron chi connectivity index (χ2n) is 6.10. The van der Waals surface area contributed by atoms with Gasteiger partial charge in [-0.25, -0.2) is 4.39 Å². The van der Waals surface area contributed by atoms with Crippen LogP contribution in [-0.2, 0) is 4.79 Å².